The van der Waals surface area contributed by atoms with Crippen LogP contribution < -0.4 is 0 Å². The second-order valence-corrected chi connectivity index (χ2v) is 7.37. The van der Waals surface area contributed by atoms with E-state index in [4.69, 9.17) is 9.47 Å². The third-order valence-electron chi connectivity index (χ3n) is 4.34. The zero-order valence-electron chi connectivity index (χ0n) is 15.6. The van der Waals surface area contributed by atoms with Gasteiger partial charge in [0.05, 0.1) is 19.3 Å². The van der Waals surface area contributed by atoms with Crippen LogP contribution in [0.15, 0.2) is 24.3 Å². The molecule has 0 saturated carbocycles. The van der Waals surface area contributed by atoms with Crippen molar-refractivity contribution < 1.29 is 28.6 Å². The smallest absolute Gasteiger partial charge is 0.411 e. The third kappa shape index (κ3) is 3.98. The number of ether oxygens (including phenoxy) is 2. The number of rotatable bonds is 4. The summed E-state index contributed by atoms with van der Waals surface area (Å²) in [6.07, 6.45) is -0.170. The van der Waals surface area contributed by atoms with E-state index in [-0.39, 0.29) is 13.0 Å². The number of hydrogen-bond donors (Lipinski definition) is 1. The van der Waals surface area contributed by atoms with E-state index in [1.807, 2.05) is 0 Å². The molecule has 0 aliphatic carbocycles. The fourth-order valence-electron chi connectivity index (χ4n) is 3.25. The van der Waals surface area contributed by atoms with Gasteiger partial charge in [0.1, 0.15) is 11.4 Å². The summed E-state index contributed by atoms with van der Waals surface area (Å²) in [4.78, 5) is 26.7. The van der Waals surface area contributed by atoms with Gasteiger partial charge in [0.15, 0.2) is 5.54 Å². The molecule has 0 spiro atoms. The highest BCUT2D eigenvalue weighted by atomic mass is 19.1. The molecule has 1 amide bonds. The van der Waals surface area contributed by atoms with Crippen LogP contribution in [0.1, 0.15) is 52.1 Å². The maximum absolute atomic E-state index is 13.7. The highest BCUT2D eigenvalue weighted by Crippen LogP contribution is 2.44. The van der Waals surface area contributed by atoms with Crippen molar-refractivity contribution in [3.8, 4) is 0 Å². The van der Waals surface area contributed by atoms with Crippen LogP contribution >= 0.6 is 0 Å². The molecule has 1 saturated heterocycles. The average molecular weight is 367 g/mol. The molecule has 1 N–H and O–H groups in total. The Labute approximate surface area is 152 Å². The van der Waals surface area contributed by atoms with Crippen LogP contribution in [0, 0.1) is 5.82 Å². The number of aliphatic hydroxyl groups is 1. The fourth-order valence-corrected chi connectivity index (χ4v) is 3.25. The number of amides is 1. The first-order valence-electron chi connectivity index (χ1n) is 8.70. The van der Waals surface area contributed by atoms with E-state index in [9.17, 15) is 19.1 Å². The van der Waals surface area contributed by atoms with Crippen molar-refractivity contribution in [3.05, 3.63) is 35.6 Å². The van der Waals surface area contributed by atoms with Gasteiger partial charge in [-0.2, -0.15) is 0 Å². The van der Waals surface area contributed by atoms with E-state index >= 15 is 0 Å². The molecule has 1 fully saturated rings. The molecule has 1 aromatic rings. The van der Waals surface area contributed by atoms with E-state index in [1.54, 1.807) is 39.8 Å². The van der Waals surface area contributed by atoms with Gasteiger partial charge in [-0.15, -0.1) is 0 Å². The number of carbonyl (C=O) groups excluding carboxylic acids is 2. The summed E-state index contributed by atoms with van der Waals surface area (Å²) in [6, 6.07) is 5.25. The first-order valence-corrected chi connectivity index (χ1v) is 8.70. The molecule has 1 aromatic carbocycles. The van der Waals surface area contributed by atoms with Crippen LogP contribution in [0.25, 0.3) is 0 Å². The predicted octanol–water partition coefficient (Wildman–Crippen LogP) is 3.19. The Kier molecular flexibility index (Phi) is 5.91. The Hall–Kier alpha value is -2.15. The van der Waals surface area contributed by atoms with E-state index in [0.29, 0.717) is 12.0 Å². The van der Waals surface area contributed by atoms with Gasteiger partial charge in [0, 0.05) is 0 Å². The van der Waals surface area contributed by atoms with Gasteiger partial charge in [0.2, 0.25) is 0 Å². The summed E-state index contributed by atoms with van der Waals surface area (Å²) in [5, 5.41) is 10.0. The molecule has 0 bridgehead atoms. The minimum atomic E-state index is -1.55. The van der Waals surface area contributed by atoms with Gasteiger partial charge in [-0.1, -0.05) is 12.1 Å². The molecule has 1 heterocycles. The monoisotopic (exact) mass is 367 g/mol. The zero-order chi connectivity index (χ0) is 19.5. The number of likely N-dealkylation sites (tertiary alicyclic amines) is 1. The number of halogens is 1. The average Bonchev–Trinajstić information content (AvgIpc) is 2.94. The first kappa shape index (κ1) is 20.2. The Morgan fingerprint density at radius 1 is 1.38 bits per heavy atom. The highest BCUT2D eigenvalue weighted by molar-refractivity contribution is 5.87. The third-order valence-corrected chi connectivity index (χ3v) is 4.34. The second kappa shape index (κ2) is 7.61. The Bertz CT molecular complexity index is 672. The van der Waals surface area contributed by atoms with Gasteiger partial charge in [-0.25, -0.2) is 14.0 Å². The molecule has 0 radical (unpaired) electrons. The number of benzene rings is 1. The Morgan fingerprint density at radius 2 is 2.08 bits per heavy atom. The predicted molar refractivity (Wildman–Crippen MR) is 92.9 cm³/mol. The molecule has 1 aliphatic heterocycles. The van der Waals surface area contributed by atoms with Crippen molar-refractivity contribution in [2.75, 3.05) is 13.2 Å². The molecule has 6 nitrogen and oxygen atoms in total. The van der Waals surface area contributed by atoms with Crippen LogP contribution in [0.4, 0.5) is 9.18 Å². The van der Waals surface area contributed by atoms with Crippen molar-refractivity contribution >= 4 is 12.1 Å². The van der Waals surface area contributed by atoms with Gasteiger partial charge < -0.3 is 14.6 Å². The lowest BCUT2D eigenvalue weighted by Crippen LogP contribution is -2.57. The molecule has 7 heteroatoms. The second-order valence-electron chi connectivity index (χ2n) is 7.37. The topological polar surface area (TPSA) is 76.1 Å². The number of carbonyl (C=O) groups is 2. The van der Waals surface area contributed by atoms with E-state index < -0.39 is 41.7 Å². The van der Waals surface area contributed by atoms with Crippen LogP contribution in [-0.2, 0) is 14.3 Å². The van der Waals surface area contributed by atoms with Crippen molar-refractivity contribution in [1.82, 2.24) is 4.90 Å². The van der Waals surface area contributed by atoms with Gasteiger partial charge in [-0.3, -0.25) is 4.90 Å². The van der Waals surface area contributed by atoms with Crippen LogP contribution in [0.5, 0.6) is 0 Å². The number of aliphatic hydroxyl groups excluding tert-OH is 1. The minimum Gasteiger partial charge on any atom is -0.464 e. The van der Waals surface area contributed by atoms with Crippen molar-refractivity contribution in [2.24, 2.45) is 0 Å². The molecular formula is C19H26FNO5. The van der Waals surface area contributed by atoms with Gasteiger partial charge in [0.25, 0.3) is 0 Å². The lowest BCUT2D eigenvalue weighted by Gasteiger charge is -2.38. The van der Waals surface area contributed by atoms with Crippen LogP contribution in [-0.4, -0.2) is 46.4 Å². The first-order chi connectivity index (χ1) is 12.1. The van der Waals surface area contributed by atoms with Crippen LogP contribution in [0.2, 0.25) is 0 Å². The molecular weight excluding hydrogens is 341 g/mol. The standard InChI is InChI=1S/C19H26FNO5/c1-5-25-16(23)19(12-22)10-9-15(13-7-6-8-14(20)11-13)21(19)17(24)26-18(2,3)4/h6-8,11,15,22H,5,9-10,12H2,1-4H3/t15-,19-/m0/s1. The summed E-state index contributed by atoms with van der Waals surface area (Å²) in [6.45, 7) is 6.31. The van der Waals surface area contributed by atoms with Crippen molar-refractivity contribution in [3.63, 3.8) is 0 Å². The highest BCUT2D eigenvalue weighted by Gasteiger charge is 2.56. The van der Waals surface area contributed by atoms with Gasteiger partial charge in [-0.05, 0) is 58.2 Å². The summed E-state index contributed by atoms with van der Waals surface area (Å²) in [7, 11) is 0. The van der Waals surface area contributed by atoms with Gasteiger partial charge >= 0.3 is 12.1 Å². The zero-order valence-corrected chi connectivity index (χ0v) is 15.6. The number of esters is 1. The molecule has 0 aromatic heterocycles. The Balaban J connectivity index is 2.49. The van der Waals surface area contributed by atoms with E-state index in [1.165, 1.54) is 17.0 Å². The summed E-state index contributed by atoms with van der Waals surface area (Å²) in [5.74, 6) is -1.13. The van der Waals surface area contributed by atoms with E-state index in [0.717, 1.165) is 0 Å². The minimum absolute atomic E-state index is 0.118. The summed E-state index contributed by atoms with van der Waals surface area (Å²) in [5.41, 5.74) is -1.80. The normalized spacial score (nSPS) is 23.0. The van der Waals surface area contributed by atoms with Crippen LogP contribution in [0.3, 0.4) is 0 Å². The number of nitrogens with zero attached hydrogens (tertiary/aromatic N) is 1. The summed E-state index contributed by atoms with van der Waals surface area (Å²) < 4.78 is 24.3. The molecule has 2 rings (SSSR count). The lowest BCUT2D eigenvalue weighted by atomic mass is 9.97. The molecule has 144 valence electrons. The lowest BCUT2D eigenvalue weighted by molar-refractivity contribution is -0.159. The molecule has 2 atom stereocenters. The molecule has 1 aliphatic rings. The SMILES string of the molecule is CCOC(=O)[C@@]1(CO)CC[C@@H](c2cccc(F)c2)N1C(=O)OC(C)(C)C. The largest absolute Gasteiger partial charge is 0.464 e. The maximum Gasteiger partial charge on any atom is 0.411 e. The van der Waals surface area contributed by atoms with E-state index in [2.05, 4.69) is 0 Å². The van der Waals surface area contributed by atoms with Crippen molar-refractivity contribution in [1.29, 1.82) is 0 Å². The number of hydrogen-bond acceptors (Lipinski definition) is 5. The molecule has 26 heavy (non-hydrogen) atoms. The maximum atomic E-state index is 13.7. The fraction of sp³-hybridized carbons (Fsp3) is 0.579. The summed E-state index contributed by atoms with van der Waals surface area (Å²) >= 11 is 0. The quantitative estimate of drug-likeness (QED) is 0.827. The van der Waals surface area contributed by atoms with Crippen molar-refractivity contribution in [2.45, 2.75) is 57.7 Å². The molecule has 0 unspecified atom stereocenters. The Morgan fingerprint density at radius 3 is 2.62 bits per heavy atom.